The average Bonchev–Trinajstić information content (AvgIpc) is 2.59. The number of hydrogen-bond donors (Lipinski definition) is 1. The first-order valence-electron chi connectivity index (χ1n) is 5.11. The van der Waals surface area contributed by atoms with Crippen LogP contribution < -0.4 is 0 Å². The summed E-state index contributed by atoms with van der Waals surface area (Å²) in [6, 6.07) is 3.83. The summed E-state index contributed by atoms with van der Waals surface area (Å²) in [5.74, 6) is -0.423. The third-order valence-electron chi connectivity index (χ3n) is 2.42. The fourth-order valence-corrected chi connectivity index (χ4v) is 1.57. The fourth-order valence-electron chi connectivity index (χ4n) is 1.57. The molecular weight excluding hydrogens is 206 g/mol. The Kier molecular flexibility index (Phi) is 2.60. The molecule has 2 rings (SSSR count). The van der Waals surface area contributed by atoms with Crippen LogP contribution in [0.3, 0.4) is 0 Å². The van der Waals surface area contributed by atoms with Gasteiger partial charge in [0.2, 0.25) is 0 Å². The highest BCUT2D eigenvalue weighted by molar-refractivity contribution is 5.67. The third kappa shape index (κ3) is 2.03. The number of hydrogen-bond acceptors (Lipinski definition) is 3. The molecule has 0 fully saturated rings. The molecule has 5 heteroatoms. The summed E-state index contributed by atoms with van der Waals surface area (Å²) in [5, 5.41) is 13.0. The standard InChI is InChI=1S/C11H13N3O2/c1-7-3-4-9-12-11(13-14(9)6-7)8(2)5-10(15)16/h3-4,6,8H,5H2,1-2H3,(H,15,16). The largest absolute Gasteiger partial charge is 0.481 e. The summed E-state index contributed by atoms with van der Waals surface area (Å²) in [7, 11) is 0. The number of pyridine rings is 1. The first-order chi connectivity index (χ1) is 7.56. The lowest BCUT2D eigenvalue weighted by atomic mass is 10.1. The predicted octanol–water partition coefficient (Wildman–Crippen LogP) is 1.62. The Bertz CT molecular complexity index is 533. The molecule has 5 nitrogen and oxygen atoms in total. The lowest BCUT2D eigenvalue weighted by Gasteiger charge is -2.01. The molecule has 1 atom stereocenters. The van der Waals surface area contributed by atoms with Gasteiger partial charge in [0, 0.05) is 12.1 Å². The zero-order chi connectivity index (χ0) is 11.7. The van der Waals surface area contributed by atoms with Crippen molar-refractivity contribution in [2.24, 2.45) is 0 Å². The van der Waals surface area contributed by atoms with Crippen molar-refractivity contribution in [3.8, 4) is 0 Å². The van der Waals surface area contributed by atoms with Crippen LogP contribution in [0, 0.1) is 6.92 Å². The molecule has 0 aliphatic heterocycles. The van der Waals surface area contributed by atoms with Gasteiger partial charge < -0.3 is 5.11 Å². The van der Waals surface area contributed by atoms with Crippen molar-refractivity contribution in [3.63, 3.8) is 0 Å². The molecular formula is C11H13N3O2. The van der Waals surface area contributed by atoms with Gasteiger partial charge in [-0.05, 0) is 18.6 Å². The van der Waals surface area contributed by atoms with Crippen molar-refractivity contribution in [1.29, 1.82) is 0 Å². The van der Waals surface area contributed by atoms with Crippen molar-refractivity contribution < 1.29 is 9.90 Å². The van der Waals surface area contributed by atoms with E-state index in [1.807, 2.05) is 32.2 Å². The molecule has 2 heterocycles. The zero-order valence-electron chi connectivity index (χ0n) is 9.21. The van der Waals surface area contributed by atoms with Gasteiger partial charge in [-0.3, -0.25) is 4.79 Å². The van der Waals surface area contributed by atoms with Gasteiger partial charge in [-0.1, -0.05) is 13.0 Å². The second kappa shape index (κ2) is 3.92. The Morgan fingerprint density at radius 2 is 2.31 bits per heavy atom. The minimum atomic E-state index is -0.831. The van der Waals surface area contributed by atoms with Gasteiger partial charge in [0.25, 0.3) is 0 Å². The summed E-state index contributed by atoms with van der Waals surface area (Å²) in [4.78, 5) is 14.9. The van der Waals surface area contributed by atoms with E-state index in [1.165, 1.54) is 0 Å². The Morgan fingerprint density at radius 1 is 1.56 bits per heavy atom. The zero-order valence-corrected chi connectivity index (χ0v) is 9.21. The molecule has 16 heavy (non-hydrogen) atoms. The molecule has 0 aliphatic rings. The number of carboxylic acids is 1. The molecule has 0 aliphatic carbocycles. The molecule has 0 radical (unpaired) electrons. The van der Waals surface area contributed by atoms with Crippen LogP contribution in [0.15, 0.2) is 18.3 Å². The Hall–Kier alpha value is -1.91. The summed E-state index contributed by atoms with van der Waals surface area (Å²) in [5.41, 5.74) is 1.84. The van der Waals surface area contributed by atoms with Gasteiger partial charge in [-0.2, -0.15) is 5.10 Å². The van der Waals surface area contributed by atoms with Crippen LogP contribution in [0.5, 0.6) is 0 Å². The van der Waals surface area contributed by atoms with Crippen LogP contribution in [0.25, 0.3) is 5.65 Å². The molecule has 0 bridgehead atoms. The number of aromatic nitrogens is 3. The molecule has 0 spiro atoms. The minimum absolute atomic E-state index is 0.0515. The maximum Gasteiger partial charge on any atom is 0.304 e. The van der Waals surface area contributed by atoms with E-state index in [-0.39, 0.29) is 12.3 Å². The molecule has 84 valence electrons. The number of carbonyl (C=O) groups is 1. The van der Waals surface area contributed by atoms with Crippen molar-refractivity contribution in [2.75, 3.05) is 0 Å². The number of aliphatic carboxylic acids is 1. The summed E-state index contributed by atoms with van der Waals surface area (Å²) < 4.78 is 1.68. The van der Waals surface area contributed by atoms with E-state index in [0.717, 1.165) is 11.2 Å². The van der Waals surface area contributed by atoms with Crippen molar-refractivity contribution in [1.82, 2.24) is 14.6 Å². The highest BCUT2D eigenvalue weighted by Crippen LogP contribution is 2.16. The van der Waals surface area contributed by atoms with Crippen molar-refractivity contribution >= 4 is 11.6 Å². The average molecular weight is 219 g/mol. The van der Waals surface area contributed by atoms with E-state index in [0.29, 0.717) is 5.82 Å². The second-order valence-corrected chi connectivity index (χ2v) is 3.98. The van der Waals surface area contributed by atoms with Crippen molar-refractivity contribution in [2.45, 2.75) is 26.2 Å². The number of aryl methyl sites for hydroxylation is 1. The van der Waals surface area contributed by atoms with Crippen LogP contribution in [0.4, 0.5) is 0 Å². The van der Waals surface area contributed by atoms with Crippen LogP contribution >= 0.6 is 0 Å². The molecule has 0 aromatic carbocycles. The first kappa shape index (κ1) is 10.6. The fraction of sp³-hybridized carbons (Fsp3) is 0.364. The lowest BCUT2D eigenvalue weighted by Crippen LogP contribution is -2.04. The highest BCUT2D eigenvalue weighted by atomic mass is 16.4. The molecule has 0 amide bonds. The minimum Gasteiger partial charge on any atom is -0.481 e. The Labute approximate surface area is 92.7 Å². The molecule has 0 saturated heterocycles. The Morgan fingerprint density at radius 3 is 3.00 bits per heavy atom. The van der Waals surface area contributed by atoms with Crippen LogP contribution in [0.1, 0.15) is 30.7 Å². The van der Waals surface area contributed by atoms with Crippen LogP contribution in [0.2, 0.25) is 0 Å². The van der Waals surface area contributed by atoms with Crippen molar-refractivity contribution in [3.05, 3.63) is 29.7 Å². The van der Waals surface area contributed by atoms with E-state index in [1.54, 1.807) is 4.52 Å². The normalized spacial score (nSPS) is 12.9. The Balaban J connectivity index is 2.35. The molecule has 0 saturated carbocycles. The maximum absolute atomic E-state index is 10.6. The monoisotopic (exact) mass is 219 g/mol. The van der Waals surface area contributed by atoms with Gasteiger partial charge >= 0.3 is 5.97 Å². The smallest absolute Gasteiger partial charge is 0.304 e. The molecule has 2 aromatic heterocycles. The van der Waals surface area contributed by atoms with Crippen LogP contribution in [-0.4, -0.2) is 25.7 Å². The number of rotatable bonds is 3. The summed E-state index contributed by atoms with van der Waals surface area (Å²) in [6.07, 6.45) is 1.93. The SMILES string of the molecule is Cc1ccc2nc(C(C)CC(=O)O)nn2c1. The van der Waals surface area contributed by atoms with Gasteiger partial charge in [0.15, 0.2) is 11.5 Å². The van der Waals surface area contributed by atoms with E-state index >= 15 is 0 Å². The van der Waals surface area contributed by atoms with E-state index < -0.39 is 5.97 Å². The molecule has 1 N–H and O–H groups in total. The number of nitrogens with zero attached hydrogens (tertiary/aromatic N) is 3. The van der Waals surface area contributed by atoms with Gasteiger partial charge in [-0.25, -0.2) is 9.50 Å². The van der Waals surface area contributed by atoms with E-state index in [2.05, 4.69) is 10.1 Å². The van der Waals surface area contributed by atoms with Gasteiger partial charge in [0.1, 0.15) is 0 Å². The summed E-state index contributed by atoms with van der Waals surface area (Å²) >= 11 is 0. The maximum atomic E-state index is 10.6. The van der Waals surface area contributed by atoms with Crippen LogP contribution in [-0.2, 0) is 4.79 Å². The van der Waals surface area contributed by atoms with E-state index in [9.17, 15) is 4.79 Å². The number of carboxylic acid groups (broad SMARTS) is 1. The summed E-state index contributed by atoms with van der Waals surface area (Å²) in [6.45, 7) is 3.79. The van der Waals surface area contributed by atoms with E-state index in [4.69, 9.17) is 5.11 Å². The predicted molar refractivity (Wildman–Crippen MR) is 58.4 cm³/mol. The molecule has 2 aromatic rings. The van der Waals surface area contributed by atoms with Gasteiger partial charge in [-0.15, -0.1) is 0 Å². The molecule has 1 unspecified atom stereocenters. The second-order valence-electron chi connectivity index (χ2n) is 3.98. The lowest BCUT2D eigenvalue weighted by molar-refractivity contribution is -0.137. The van der Waals surface area contributed by atoms with Gasteiger partial charge in [0.05, 0.1) is 6.42 Å². The third-order valence-corrected chi connectivity index (χ3v) is 2.42. The topological polar surface area (TPSA) is 67.5 Å². The number of fused-ring (bicyclic) bond motifs is 1. The quantitative estimate of drug-likeness (QED) is 0.851. The first-order valence-corrected chi connectivity index (χ1v) is 5.11. The highest BCUT2D eigenvalue weighted by Gasteiger charge is 2.15.